The Morgan fingerprint density at radius 2 is 2.06 bits per heavy atom. The number of rotatable bonds is 4. The van der Waals surface area contributed by atoms with Gasteiger partial charge in [-0.15, -0.1) is 11.8 Å². The number of anilines is 1. The average Bonchev–Trinajstić information content (AvgIpc) is 2.20. The van der Waals surface area contributed by atoms with E-state index in [1.165, 1.54) is 17.8 Å². The lowest BCUT2D eigenvalue weighted by Crippen LogP contribution is -2.08. The van der Waals surface area contributed by atoms with Crippen molar-refractivity contribution in [3.63, 3.8) is 0 Å². The highest BCUT2D eigenvalue weighted by Crippen LogP contribution is 2.35. The van der Waals surface area contributed by atoms with Gasteiger partial charge in [0.2, 0.25) is 0 Å². The van der Waals surface area contributed by atoms with Crippen LogP contribution in [-0.2, 0) is 10.9 Å². The van der Waals surface area contributed by atoms with Gasteiger partial charge in [-0.3, -0.25) is 0 Å². The average molecular weight is 265 g/mol. The van der Waals surface area contributed by atoms with Crippen molar-refractivity contribution >= 4 is 17.4 Å². The van der Waals surface area contributed by atoms with Crippen LogP contribution in [0.1, 0.15) is 12.5 Å². The van der Waals surface area contributed by atoms with Gasteiger partial charge in [0.15, 0.2) is 0 Å². The number of thioether (sulfide) groups is 1. The maximum Gasteiger partial charge on any atom is 0.416 e. The van der Waals surface area contributed by atoms with Gasteiger partial charge in [0.25, 0.3) is 0 Å². The summed E-state index contributed by atoms with van der Waals surface area (Å²) in [7, 11) is 1.58. The SMILES string of the molecule is COCC(C)Sc1ccc(C(F)(F)F)cc1N. The third kappa shape index (κ3) is 4.12. The molecule has 1 aromatic rings. The van der Waals surface area contributed by atoms with Crippen molar-refractivity contribution in [2.45, 2.75) is 23.2 Å². The van der Waals surface area contributed by atoms with Gasteiger partial charge in [-0.05, 0) is 18.2 Å². The van der Waals surface area contributed by atoms with Crippen molar-refractivity contribution in [2.75, 3.05) is 19.5 Å². The fraction of sp³-hybridized carbons (Fsp3) is 0.455. The molecule has 0 radical (unpaired) electrons. The number of alkyl halides is 3. The number of halogens is 3. The van der Waals surface area contributed by atoms with E-state index in [1.54, 1.807) is 7.11 Å². The summed E-state index contributed by atoms with van der Waals surface area (Å²) in [6, 6.07) is 3.40. The van der Waals surface area contributed by atoms with Crippen molar-refractivity contribution in [3.05, 3.63) is 23.8 Å². The Labute approximate surface area is 102 Å². The number of nitrogens with two attached hydrogens (primary N) is 1. The molecule has 0 aromatic heterocycles. The molecule has 1 atom stereocenters. The predicted octanol–water partition coefficient (Wildman–Crippen LogP) is 3.41. The maximum absolute atomic E-state index is 12.4. The minimum absolute atomic E-state index is 0.138. The molecular formula is C11H14F3NOS. The Morgan fingerprint density at radius 1 is 1.41 bits per heavy atom. The summed E-state index contributed by atoms with van der Waals surface area (Å²) in [6.07, 6.45) is -4.35. The summed E-state index contributed by atoms with van der Waals surface area (Å²) < 4.78 is 42.2. The molecule has 0 aliphatic carbocycles. The molecule has 0 aliphatic rings. The van der Waals surface area contributed by atoms with Crippen LogP contribution in [0.15, 0.2) is 23.1 Å². The minimum atomic E-state index is -4.35. The van der Waals surface area contributed by atoms with Gasteiger partial charge in [0.05, 0.1) is 12.2 Å². The van der Waals surface area contributed by atoms with Gasteiger partial charge in [0.1, 0.15) is 0 Å². The Morgan fingerprint density at radius 3 is 2.53 bits per heavy atom. The minimum Gasteiger partial charge on any atom is -0.398 e. The van der Waals surface area contributed by atoms with Crippen LogP contribution in [0.3, 0.4) is 0 Å². The van der Waals surface area contributed by atoms with Crippen LogP contribution in [0, 0.1) is 0 Å². The van der Waals surface area contributed by atoms with E-state index in [2.05, 4.69) is 0 Å². The highest BCUT2D eigenvalue weighted by molar-refractivity contribution is 8.00. The van der Waals surface area contributed by atoms with E-state index in [0.717, 1.165) is 12.1 Å². The van der Waals surface area contributed by atoms with Gasteiger partial charge >= 0.3 is 6.18 Å². The van der Waals surface area contributed by atoms with E-state index in [9.17, 15) is 13.2 Å². The largest absolute Gasteiger partial charge is 0.416 e. The molecule has 1 rings (SSSR count). The molecule has 0 heterocycles. The fourth-order valence-electron chi connectivity index (χ4n) is 1.32. The highest BCUT2D eigenvalue weighted by Gasteiger charge is 2.30. The first-order valence-corrected chi connectivity index (χ1v) is 5.85. The van der Waals surface area contributed by atoms with E-state index in [0.29, 0.717) is 11.5 Å². The zero-order valence-corrected chi connectivity index (χ0v) is 10.4. The molecule has 0 spiro atoms. The van der Waals surface area contributed by atoms with Crippen molar-refractivity contribution < 1.29 is 17.9 Å². The molecule has 17 heavy (non-hydrogen) atoms. The molecule has 0 aliphatic heterocycles. The van der Waals surface area contributed by atoms with E-state index in [4.69, 9.17) is 10.5 Å². The van der Waals surface area contributed by atoms with Crippen LogP contribution < -0.4 is 5.73 Å². The van der Waals surface area contributed by atoms with Gasteiger partial charge < -0.3 is 10.5 Å². The number of benzene rings is 1. The predicted molar refractivity (Wildman–Crippen MR) is 63.1 cm³/mol. The first-order chi connectivity index (χ1) is 7.84. The summed E-state index contributed by atoms with van der Waals surface area (Å²) in [6.45, 7) is 2.44. The second kappa shape index (κ2) is 5.64. The number of methoxy groups -OCH3 is 1. The number of hydrogen-bond donors (Lipinski definition) is 1. The van der Waals surface area contributed by atoms with Crippen LogP contribution >= 0.6 is 11.8 Å². The van der Waals surface area contributed by atoms with Crippen LogP contribution in [0.25, 0.3) is 0 Å². The summed E-state index contributed by atoms with van der Waals surface area (Å²) >= 11 is 1.40. The molecule has 96 valence electrons. The lowest BCUT2D eigenvalue weighted by molar-refractivity contribution is -0.137. The third-order valence-electron chi connectivity index (χ3n) is 2.07. The molecule has 0 bridgehead atoms. The zero-order chi connectivity index (χ0) is 13.1. The monoisotopic (exact) mass is 265 g/mol. The molecule has 0 saturated heterocycles. The van der Waals surface area contributed by atoms with Crippen LogP contribution in [0.4, 0.5) is 18.9 Å². The van der Waals surface area contributed by atoms with E-state index in [-0.39, 0.29) is 10.9 Å². The normalized spacial score (nSPS) is 13.7. The number of nitrogen functional groups attached to an aromatic ring is 1. The second-order valence-corrected chi connectivity index (χ2v) is 5.11. The second-order valence-electron chi connectivity index (χ2n) is 3.63. The molecule has 1 aromatic carbocycles. The maximum atomic E-state index is 12.4. The topological polar surface area (TPSA) is 35.2 Å². The molecule has 0 amide bonds. The van der Waals surface area contributed by atoms with Crippen molar-refractivity contribution in [1.29, 1.82) is 0 Å². The molecule has 1 unspecified atom stereocenters. The summed E-state index contributed by atoms with van der Waals surface area (Å²) in [4.78, 5) is 0.641. The van der Waals surface area contributed by atoms with Crippen LogP contribution in [0.2, 0.25) is 0 Å². The molecule has 2 nitrogen and oxygen atoms in total. The summed E-state index contributed by atoms with van der Waals surface area (Å²) in [5.41, 5.74) is 5.02. The lowest BCUT2D eigenvalue weighted by atomic mass is 10.2. The molecule has 6 heteroatoms. The van der Waals surface area contributed by atoms with Crippen LogP contribution in [0.5, 0.6) is 0 Å². The van der Waals surface area contributed by atoms with Crippen molar-refractivity contribution in [1.82, 2.24) is 0 Å². The van der Waals surface area contributed by atoms with Crippen LogP contribution in [-0.4, -0.2) is 19.0 Å². The molecule has 2 N–H and O–H groups in total. The lowest BCUT2D eigenvalue weighted by Gasteiger charge is -2.13. The molecule has 0 saturated carbocycles. The smallest absolute Gasteiger partial charge is 0.398 e. The first kappa shape index (κ1) is 14.2. The Kier molecular flexibility index (Phi) is 4.70. The number of ether oxygens (including phenoxy) is 1. The fourth-order valence-corrected chi connectivity index (χ4v) is 2.30. The summed E-state index contributed by atoms with van der Waals surface area (Å²) in [5, 5.41) is 0.138. The highest BCUT2D eigenvalue weighted by atomic mass is 32.2. The van der Waals surface area contributed by atoms with E-state index >= 15 is 0 Å². The third-order valence-corrected chi connectivity index (χ3v) is 3.23. The summed E-state index contributed by atoms with van der Waals surface area (Å²) in [5.74, 6) is 0. The van der Waals surface area contributed by atoms with Gasteiger partial charge in [-0.2, -0.15) is 13.2 Å². The Bertz CT molecular complexity index is 381. The van der Waals surface area contributed by atoms with Gasteiger partial charge in [0, 0.05) is 22.9 Å². The first-order valence-electron chi connectivity index (χ1n) is 4.97. The Hall–Kier alpha value is -0.880. The van der Waals surface area contributed by atoms with E-state index in [1.807, 2.05) is 6.92 Å². The quantitative estimate of drug-likeness (QED) is 0.669. The number of hydrogen-bond acceptors (Lipinski definition) is 3. The molecular weight excluding hydrogens is 251 g/mol. The standard InChI is InChI=1S/C11H14F3NOS/c1-7(6-16-2)17-10-4-3-8(5-9(10)15)11(12,13)14/h3-5,7H,6,15H2,1-2H3. The molecule has 0 fully saturated rings. The van der Waals surface area contributed by atoms with Crippen molar-refractivity contribution in [3.8, 4) is 0 Å². The van der Waals surface area contributed by atoms with Crippen molar-refractivity contribution in [2.24, 2.45) is 0 Å². The van der Waals surface area contributed by atoms with Gasteiger partial charge in [-0.1, -0.05) is 6.92 Å². The van der Waals surface area contributed by atoms with Gasteiger partial charge in [-0.25, -0.2) is 0 Å². The zero-order valence-electron chi connectivity index (χ0n) is 9.54. The Balaban J connectivity index is 2.83. The van der Waals surface area contributed by atoms with E-state index < -0.39 is 11.7 Å².